The van der Waals surface area contributed by atoms with Gasteiger partial charge in [0.05, 0.1) is 4.92 Å². The Morgan fingerprint density at radius 1 is 1.20 bits per heavy atom. The van der Waals surface area contributed by atoms with E-state index in [2.05, 4.69) is 5.32 Å². The number of nitro benzene ring substituents is 1. The molecule has 0 bridgehead atoms. The lowest BCUT2D eigenvalue weighted by Crippen LogP contribution is -2.04. The van der Waals surface area contributed by atoms with E-state index in [-0.39, 0.29) is 17.9 Å². The Kier molecular flexibility index (Phi) is 4.42. The highest BCUT2D eigenvalue weighted by Crippen LogP contribution is 2.28. The van der Waals surface area contributed by atoms with Crippen molar-refractivity contribution in [2.24, 2.45) is 0 Å². The van der Waals surface area contributed by atoms with Crippen molar-refractivity contribution < 1.29 is 9.31 Å². The maximum Gasteiger partial charge on any atom is 0.295 e. The van der Waals surface area contributed by atoms with Gasteiger partial charge in [-0.15, -0.1) is 0 Å². The molecule has 2 rings (SSSR count). The Balaban J connectivity index is 2.25. The molecule has 0 unspecified atom stereocenters. The fourth-order valence-corrected chi connectivity index (χ4v) is 2.31. The average molecular weight is 315 g/mol. The summed E-state index contributed by atoms with van der Waals surface area (Å²) in [6.45, 7) is 0.169. The summed E-state index contributed by atoms with van der Waals surface area (Å²) in [7, 11) is 0. The molecule has 1 N–H and O–H groups in total. The van der Waals surface area contributed by atoms with Gasteiger partial charge in [-0.1, -0.05) is 29.3 Å². The van der Waals surface area contributed by atoms with Crippen LogP contribution in [-0.2, 0) is 6.54 Å². The van der Waals surface area contributed by atoms with E-state index >= 15 is 0 Å². The van der Waals surface area contributed by atoms with Crippen LogP contribution in [0.1, 0.15) is 5.56 Å². The van der Waals surface area contributed by atoms with Crippen LogP contribution in [-0.4, -0.2) is 4.92 Å². The molecule has 0 amide bonds. The first-order valence-corrected chi connectivity index (χ1v) is 6.34. The van der Waals surface area contributed by atoms with Gasteiger partial charge in [0.25, 0.3) is 5.69 Å². The third-order valence-corrected chi connectivity index (χ3v) is 3.02. The molecule has 7 heteroatoms. The lowest BCUT2D eigenvalue weighted by Gasteiger charge is -2.09. The predicted molar refractivity (Wildman–Crippen MR) is 76.8 cm³/mol. The van der Waals surface area contributed by atoms with Crippen LogP contribution in [0, 0.1) is 15.9 Å². The largest absolute Gasteiger partial charge is 0.373 e. The van der Waals surface area contributed by atoms with E-state index in [0.717, 1.165) is 6.07 Å². The number of hydrogen-bond acceptors (Lipinski definition) is 3. The van der Waals surface area contributed by atoms with Gasteiger partial charge in [0.15, 0.2) is 5.82 Å². The van der Waals surface area contributed by atoms with Crippen molar-refractivity contribution in [1.82, 2.24) is 0 Å². The number of hydrogen-bond donors (Lipinski definition) is 1. The average Bonchev–Trinajstić information content (AvgIpc) is 2.35. The van der Waals surface area contributed by atoms with Gasteiger partial charge in [-0.3, -0.25) is 10.1 Å². The maximum absolute atomic E-state index is 13.7. The Labute approximate surface area is 124 Å². The minimum Gasteiger partial charge on any atom is -0.373 e. The summed E-state index contributed by atoms with van der Waals surface area (Å²) in [5.41, 5.74) is 0.215. The van der Waals surface area contributed by atoms with E-state index in [4.69, 9.17) is 23.2 Å². The van der Waals surface area contributed by atoms with Gasteiger partial charge in [-0.05, 0) is 29.8 Å². The van der Waals surface area contributed by atoms with E-state index in [1.807, 2.05) is 0 Å². The topological polar surface area (TPSA) is 55.2 Å². The van der Waals surface area contributed by atoms with Crippen molar-refractivity contribution in [1.29, 1.82) is 0 Å². The van der Waals surface area contributed by atoms with Crippen molar-refractivity contribution >= 4 is 34.6 Å². The van der Waals surface area contributed by atoms with Crippen LogP contribution in [0.3, 0.4) is 0 Å². The van der Waals surface area contributed by atoms with Crippen LogP contribution in [0.25, 0.3) is 0 Å². The van der Waals surface area contributed by atoms with Gasteiger partial charge in [-0.2, -0.15) is 0 Å². The first-order valence-electron chi connectivity index (χ1n) is 5.59. The molecular formula is C13H9Cl2FN2O2. The number of nitrogens with one attached hydrogen (secondary N) is 1. The number of anilines is 1. The second kappa shape index (κ2) is 6.07. The molecule has 0 aliphatic carbocycles. The minimum atomic E-state index is -0.688. The normalized spacial score (nSPS) is 10.3. The molecular weight excluding hydrogens is 306 g/mol. The third-order valence-electron chi connectivity index (χ3n) is 2.58. The van der Waals surface area contributed by atoms with Crippen LogP contribution in [0.5, 0.6) is 0 Å². The summed E-state index contributed by atoms with van der Waals surface area (Å²) in [5.74, 6) is -0.688. The number of halogens is 3. The lowest BCUT2D eigenvalue weighted by molar-refractivity contribution is -0.384. The first-order chi connectivity index (χ1) is 9.47. The van der Waals surface area contributed by atoms with Crippen LogP contribution >= 0.6 is 23.2 Å². The highest BCUT2D eigenvalue weighted by molar-refractivity contribution is 6.34. The molecule has 0 spiro atoms. The number of rotatable bonds is 4. The molecule has 0 radical (unpaired) electrons. The molecule has 0 fully saturated rings. The fraction of sp³-hybridized carbons (Fsp3) is 0.0769. The Bertz CT molecular complexity index is 645. The molecule has 4 nitrogen and oxygen atoms in total. The van der Waals surface area contributed by atoms with Gasteiger partial charge in [0.1, 0.15) is 5.69 Å². The van der Waals surface area contributed by atoms with Crippen molar-refractivity contribution in [3.63, 3.8) is 0 Å². The maximum atomic E-state index is 13.7. The van der Waals surface area contributed by atoms with Gasteiger partial charge in [-0.25, -0.2) is 4.39 Å². The SMILES string of the molecule is O=[N+]([O-])c1cccc(F)c1NCc1cc(Cl)cc(Cl)c1. The molecule has 20 heavy (non-hydrogen) atoms. The molecule has 0 saturated heterocycles. The Morgan fingerprint density at radius 2 is 1.85 bits per heavy atom. The zero-order chi connectivity index (χ0) is 14.7. The van der Waals surface area contributed by atoms with E-state index < -0.39 is 10.7 Å². The monoisotopic (exact) mass is 314 g/mol. The lowest BCUT2D eigenvalue weighted by atomic mass is 10.2. The number of para-hydroxylation sites is 1. The van der Waals surface area contributed by atoms with E-state index in [9.17, 15) is 14.5 Å². The quantitative estimate of drug-likeness (QED) is 0.660. The smallest absolute Gasteiger partial charge is 0.295 e. The van der Waals surface area contributed by atoms with Gasteiger partial charge >= 0.3 is 0 Å². The third kappa shape index (κ3) is 3.37. The Hall–Kier alpha value is -1.85. The molecule has 0 aromatic heterocycles. The van der Waals surface area contributed by atoms with Crippen LogP contribution in [0.15, 0.2) is 36.4 Å². The number of nitro groups is 1. The number of nitrogens with zero attached hydrogens (tertiary/aromatic N) is 1. The predicted octanol–water partition coefficient (Wildman–Crippen LogP) is 4.65. The van der Waals surface area contributed by atoms with Crippen LogP contribution in [0.2, 0.25) is 10.0 Å². The molecule has 2 aromatic rings. The van der Waals surface area contributed by atoms with Crippen LogP contribution in [0.4, 0.5) is 15.8 Å². The summed E-state index contributed by atoms with van der Waals surface area (Å²) in [6, 6.07) is 8.53. The highest BCUT2D eigenvalue weighted by Gasteiger charge is 2.17. The summed E-state index contributed by atoms with van der Waals surface area (Å²) in [5, 5.41) is 14.4. The van der Waals surface area contributed by atoms with Gasteiger partial charge in [0, 0.05) is 22.7 Å². The van der Waals surface area contributed by atoms with Crippen LogP contribution < -0.4 is 5.32 Å². The molecule has 0 aliphatic heterocycles. The van der Waals surface area contributed by atoms with E-state index in [0.29, 0.717) is 15.6 Å². The molecule has 0 atom stereocenters. The first kappa shape index (κ1) is 14.6. The standard InChI is InChI=1S/C13H9Cl2FN2O2/c14-9-4-8(5-10(15)6-9)7-17-13-11(16)2-1-3-12(13)18(19)20/h1-6,17H,7H2. The molecule has 0 aliphatic rings. The van der Waals surface area contributed by atoms with Crippen molar-refractivity contribution in [3.8, 4) is 0 Å². The second-order valence-corrected chi connectivity index (χ2v) is 4.90. The molecule has 104 valence electrons. The zero-order valence-corrected chi connectivity index (χ0v) is 11.6. The van der Waals surface area contributed by atoms with Crippen molar-refractivity contribution in [2.45, 2.75) is 6.54 Å². The van der Waals surface area contributed by atoms with Crippen molar-refractivity contribution in [2.75, 3.05) is 5.32 Å². The summed E-state index contributed by atoms with van der Waals surface area (Å²) < 4.78 is 13.7. The van der Waals surface area contributed by atoms with Gasteiger partial charge in [0.2, 0.25) is 0 Å². The molecule has 0 saturated carbocycles. The second-order valence-electron chi connectivity index (χ2n) is 4.02. The van der Waals surface area contributed by atoms with E-state index in [1.165, 1.54) is 12.1 Å². The Morgan fingerprint density at radius 3 is 2.45 bits per heavy atom. The van der Waals surface area contributed by atoms with Crippen molar-refractivity contribution in [3.05, 3.63) is 67.9 Å². The molecule has 2 aromatic carbocycles. The van der Waals surface area contributed by atoms with E-state index in [1.54, 1.807) is 18.2 Å². The number of benzene rings is 2. The summed E-state index contributed by atoms with van der Waals surface area (Å²) in [6.07, 6.45) is 0. The minimum absolute atomic E-state index is 0.159. The fourth-order valence-electron chi connectivity index (χ4n) is 1.74. The van der Waals surface area contributed by atoms with Gasteiger partial charge < -0.3 is 5.32 Å². The molecule has 0 heterocycles. The zero-order valence-electron chi connectivity index (χ0n) is 10.1. The highest BCUT2D eigenvalue weighted by atomic mass is 35.5. The summed E-state index contributed by atoms with van der Waals surface area (Å²) >= 11 is 11.7. The summed E-state index contributed by atoms with van der Waals surface area (Å²) in [4.78, 5) is 10.2.